The van der Waals surface area contributed by atoms with Crippen LogP contribution < -0.4 is 5.32 Å². The van der Waals surface area contributed by atoms with E-state index in [1.165, 1.54) is 5.69 Å². The molecule has 0 spiro atoms. The molecule has 1 aliphatic heterocycles. The first-order valence-electron chi connectivity index (χ1n) is 6.97. The third kappa shape index (κ3) is 2.90. The van der Waals surface area contributed by atoms with E-state index in [-0.39, 0.29) is 0 Å². The average Bonchev–Trinajstić information content (AvgIpc) is 2.72. The molecular weight excluding hydrogens is 226 g/mol. The van der Waals surface area contributed by atoms with Crippen LogP contribution in [0.2, 0.25) is 0 Å². The lowest BCUT2D eigenvalue weighted by molar-refractivity contribution is 0.165. The maximum atomic E-state index is 4.29. The van der Waals surface area contributed by atoms with E-state index < -0.39 is 0 Å². The molecular formula is C13H25N5. The van der Waals surface area contributed by atoms with Gasteiger partial charge in [-0.1, -0.05) is 5.21 Å². The fourth-order valence-corrected chi connectivity index (χ4v) is 2.70. The summed E-state index contributed by atoms with van der Waals surface area (Å²) >= 11 is 0. The third-order valence-corrected chi connectivity index (χ3v) is 3.65. The lowest BCUT2D eigenvalue weighted by atomic mass is 10.2. The maximum Gasteiger partial charge on any atom is 0.0997 e. The summed E-state index contributed by atoms with van der Waals surface area (Å²) in [6, 6.07) is 1.15. The number of fused-ring (bicyclic) bond motifs is 1. The Morgan fingerprint density at radius 2 is 2.00 bits per heavy atom. The summed E-state index contributed by atoms with van der Waals surface area (Å²) in [5, 5.41) is 11.9. The zero-order chi connectivity index (χ0) is 13.1. The van der Waals surface area contributed by atoms with E-state index in [9.17, 15) is 0 Å². The van der Waals surface area contributed by atoms with Crippen LogP contribution in [-0.2, 0) is 19.5 Å². The Morgan fingerprint density at radius 1 is 1.28 bits per heavy atom. The van der Waals surface area contributed by atoms with Gasteiger partial charge in [-0.2, -0.15) is 0 Å². The van der Waals surface area contributed by atoms with Crippen molar-refractivity contribution in [3.63, 3.8) is 0 Å². The van der Waals surface area contributed by atoms with Crippen molar-refractivity contribution in [1.29, 1.82) is 0 Å². The summed E-state index contributed by atoms with van der Waals surface area (Å²) in [5.74, 6) is 0. The summed E-state index contributed by atoms with van der Waals surface area (Å²) in [6.45, 7) is 12.9. The van der Waals surface area contributed by atoms with Crippen LogP contribution in [0.15, 0.2) is 0 Å². The van der Waals surface area contributed by atoms with Crippen molar-refractivity contribution in [1.82, 2.24) is 25.2 Å². The fourth-order valence-electron chi connectivity index (χ4n) is 2.70. The summed E-state index contributed by atoms with van der Waals surface area (Å²) < 4.78 is 2.09. The number of rotatable bonds is 5. The topological polar surface area (TPSA) is 46.0 Å². The van der Waals surface area contributed by atoms with Crippen LogP contribution in [0.1, 0.15) is 39.1 Å². The molecule has 0 aromatic carbocycles. The number of aromatic nitrogens is 3. The molecule has 1 N–H and O–H groups in total. The molecule has 0 amide bonds. The first-order valence-corrected chi connectivity index (χ1v) is 6.97. The summed E-state index contributed by atoms with van der Waals surface area (Å²) in [5.41, 5.74) is 2.45. The van der Waals surface area contributed by atoms with E-state index in [0.717, 1.165) is 38.3 Å². The van der Waals surface area contributed by atoms with Crippen LogP contribution in [0.4, 0.5) is 0 Å². The predicted molar refractivity (Wildman–Crippen MR) is 72.4 cm³/mol. The SMILES string of the molecule is CC(C)N(CCn1nnc2c1CCNC2)C(C)C. The van der Waals surface area contributed by atoms with Gasteiger partial charge in [0.15, 0.2) is 0 Å². The van der Waals surface area contributed by atoms with E-state index in [0.29, 0.717) is 12.1 Å². The van der Waals surface area contributed by atoms with Gasteiger partial charge in [0.1, 0.15) is 0 Å². The van der Waals surface area contributed by atoms with Crippen LogP contribution in [-0.4, -0.2) is 45.1 Å². The molecule has 0 aliphatic carbocycles. The van der Waals surface area contributed by atoms with Gasteiger partial charge in [0.2, 0.25) is 0 Å². The lowest BCUT2D eigenvalue weighted by Gasteiger charge is -2.30. The van der Waals surface area contributed by atoms with Crippen molar-refractivity contribution in [2.45, 2.75) is 59.3 Å². The molecule has 1 aromatic heterocycles. The molecule has 0 saturated carbocycles. The quantitative estimate of drug-likeness (QED) is 0.849. The van der Waals surface area contributed by atoms with Gasteiger partial charge >= 0.3 is 0 Å². The largest absolute Gasteiger partial charge is 0.311 e. The monoisotopic (exact) mass is 251 g/mol. The van der Waals surface area contributed by atoms with Crippen molar-refractivity contribution in [2.24, 2.45) is 0 Å². The Hall–Kier alpha value is -0.940. The second-order valence-corrected chi connectivity index (χ2v) is 5.56. The van der Waals surface area contributed by atoms with Crippen LogP contribution in [0.5, 0.6) is 0 Å². The minimum atomic E-state index is 0.575. The van der Waals surface area contributed by atoms with Crippen LogP contribution in [0, 0.1) is 0 Å². The molecule has 102 valence electrons. The van der Waals surface area contributed by atoms with Crippen LogP contribution in [0.25, 0.3) is 0 Å². The van der Waals surface area contributed by atoms with E-state index in [1.807, 2.05) is 0 Å². The molecule has 0 saturated heterocycles. The van der Waals surface area contributed by atoms with Gasteiger partial charge in [-0.05, 0) is 27.7 Å². The minimum Gasteiger partial charge on any atom is -0.311 e. The normalized spacial score (nSPS) is 15.7. The predicted octanol–water partition coefficient (Wildman–Crippen LogP) is 1.04. The highest BCUT2D eigenvalue weighted by atomic mass is 15.4. The fraction of sp³-hybridized carbons (Fsp3) is 0.846. The molecule has 2 rings (SSSR count). The molecule has 0 bridgehead atoms. The van der Waals surface area contributed by atoms with E-state index in [4.69, 9.17) is 0 Å². The Labute approximate surface area is 110 Å². The van der Waals surface area contributed by atoms with Crippen molar-refractivity contribution in [3.8, 4) is 0 Å². The van der Waals surface area contributed by atoms with Crippen LogP contribution in [0.3, 0.4) is 0 Å². The van der Waals surface area contributed by atoms with Gasteiger partial charge in [0, 0.05) is 38.1 Å². The van der Waals surface area contributed by atoms with E-state index in [1.54, 1.807) is 0 Å². The Kier molecular flexibility index (Phi) is 4.35. The van der Waals surface area contributed by atoms with Gasteiger partial charge in [-0.15, -0.1) is 5.10 Å². The number of hydrogen-bond acceptors (Lipinski definition) is 4. The molecule has 1 aliphatic rings. The van der Waals surface area contributed by atoms with E-state index >= 15 is 0 Å². The highest BCUT2D eigenvalue weighted by Gasteiger charge is 2.18. The van der Waals surface area contributed by atoms with E-state index in [2.05, 4.69) is 52.9 Å². The molecule has 1 aromatic rings. The first-order chi connectivity index (χ1) is 8.59. The van der Waals surface area contributed by atoms with Gasteiger partial charge in [-0.3, -0.25) is 4.90 Å². The number of nitrogens with zero attached hydrogens (tertiary/aromatic N) is 4. The molecule has 5 nitrogen and oxygen atoms in total. The Morgan fingerprint density at radius 3 is 2.67 bits per heavy atom. The zero-order valence-electron chi connectivity index (χ0n) is 12.0. The molecule has 18 heavy (non-hydrogen) atoms. The molecule has 2 heterocycles. The zero-order valence-corrected chi connectivity index (χ0v) is 12.0. The molecule has 5 heteroatoms. The highest BCUT2D eigenvalue weighted by Crippen LogP contribution is 2.11. The Bertz CT molecular complexity index is 375. The number of hydrogen-bond donors (Lipinski definition) is 1. The molecule has 0 atom stereocenters. The average molecular weight is 251 g/mol. The highest BCUT2D eigenvalue weighted by molar-refractivity contribution is 5.13. The first kappa shape index (κ1) is 13.5. The minimum absolute atomic E-state index is 0.575. The van der Waals surface area contributed by atoms with Crippen molar-refractivity contribution >= 4 is 0 Å². The van der Waals surface area contributed by atoms with Crippen molar-refractivity contribution in [2.75, 3.05) is 13.1 Å². The lowest BCUT2D eigenvalue weighted by Crippen LogP contribution is -2.39. The molecule has 0 fully saturated rings. The van der Waals surface area contributed by atoms with Gasteiger partial charge < -0.3 is 5.32 Å². The standard InChI is InChI=1S/C13H25N5/c1-10(2)17(11(3)4)7-8-18-13-5-6-14-9-12(13)15-16-18/h10-11,14H,5-9H2,1-4H3. The summed E-state index contributed by atoms with van der Waals surface area (Å²) in [4.78, 5) is 2.50. The maximum absolute atomic E-state index is 4.29. The molecule has 0 unspecified atom stereocenters. The van der Waals surface area contributed by atoms with Crippen molar-refractivity contribution < 1.29 is 0 Å². The third-order valence-electron chi connectivity index (χ3n) is 3.65. The molecule has 0 radical (unpaired) electrons. The van der Waals surface area contributed by atoms with Gasteiger partial charge in [-0.25, -0.2) is 4.68 Å². The Balaban J connectivity index is 1.99. The van der Waals surface area contributed by atoms with Gasteiger partial charge in [0.05, 0.1) is 17.9 Å². The second-order valence-electron chi connectivity index (χ2n) is 5.56. The summed E-state index contributed by atoms with van der Waals surface area (Å²) in [7, 11) is 0. The second kappa shape index (κ2) is 5.80. The number of nitrogens with one attached hydrogen (secondary N) is 1. The van der Waals surface area contributed by atoms with Crippen molar-refractivity contribution in [3.05, 3.63) is 11.4 Å². The van der Waals surface area contributed by atoms with Gasteiger partial charge in [0.25, 0.3) is 0 Å². The smallest absolute Gasteiger partial charge is 0.0997 e. The van der Waals surface area contributed by atoms with Crippen LogP contribution >= 0.6 is 0 Å². The summed E-state index contributed by atoms with van der Waals surface area (Å²) in [6.07, 6.45) is 1.05.